The van der Waals surface area contributed by atoms with Crippen molar-refractivity contribution in [2.24, 2.45) is 7.05 Å². The minimum atomic E-state index is -1.13. The SMILES string of the molecule is Cn1ncc2c(=O)n(C[C@H](O)c3ccccc3F)cnc21. The van der Waals surface area contributed by atoms with Gasteiger partial charge in [0.2, 0.25) is 0 Å². The molecule has 0 aliphatic carbocycles. The third kappa shape index (κ3) is 2.31. The lowest BCUT2D eigenvalue weighted by atomic mass is 10.1. The standard InChI is InChI=1S/C14H13FN4O2/c1-18-13-10(6-17-18)14(21)19(8-16-13)7-12(20)9-4-2-3-5-11(9)15/h2-6,8,12,20H,7H2,1H3/t12-/m0/s1. The third-order valence-electron chi connectivity index (χ3n) is 3.35. The zero-order valence-electron chi connectivity index (χ0n) is 11.3. The molecule has 6 nitrogen and oxygen atoms in total. The number of fused-ring (bicyclic) bond motifs is 1. The second-order valence-electron chi connectivity index (χ2n) is 4.74. The molecule has 0 radical (unpaired) electrons. The number of aliphatic hydroxyl groups is 1. The molecule has 0 unspecified atom stereocenters. The van der Waals surface area contributed by atoms with Crippen LogP contribution in [0.4, 0.5) is 4.39 Å². The molecule has 1 N–H and O–H groups in total. The molecule has 0 saturated carbocycles. The Bertz CT molecular complexity index is 856. The summed E-state index contributed by atoms with van der Waals surface area (Å²) in [6, 6.07) is 5.93. The van der Waals surface area contributed by atoms with Gasteiger partial charge < -0.3 is 5.11 Å². The predicted molar refractivity (Wildman–Crippen MR) is 74.1 cm³/mol. The van der Waals surface area contributed by atoms with Crippen LogP contribution in [0.5, 0.6) is 0 Å². The summed E-state index contributed by atoms with van der Waals surface area (Å²) in [5, 5.41) is 14.4. The van der Waals surface area contributed by atoms with Crippen LogP contribution in [-0.2, 0) is 13.6 Å². The maximum Gasteiger partial charge on any atom is 0.264 e. The van der Waals surface area contributed by atoms with E-state index in [0.717, 1.165) is 0 Å². The normalized spacial score (nSPS) is 12.7. The van der Waals surface area contributed by atoms with Crippen LogP contribution in [0.3, 0.4) is 0 Å². The summed E-state index contributed by atoms with van der Waals surface area (Å²) >= 11 is 0. The van der Waals surface area contributed by atoms with E-state index < -0.39 is 11.9 Å². The number of aromatic nitrogens is 4. The van der Waals surface area contributed by atoms with E-state index in [1.54, 1.807) is 19.2 Å². The van der Waals surface area contributed by atoms with Gasteiger partial charge in [0.15, 0.2) is 5.65 Å². The first-order valence-corrected chi connectivity index (χ1v) is 6.37. The number of aryl methyl sites for hydroxylation is 1. The second kappa shape index (κ2) is 5.10. The zero-order chi connectivity index (χ0) is 15.0. The van der Waals surface area contributed by atoms with Crippen molar-refractivity contribution in [2.45, 2.75) is 12.6 Å². The molecule has 0 bridgehead atoms. The zero-order valence-corrected chi connectivity index (χ0v) is 11.3. The molecule has 3 rings (SSSR count). The summed E-state index contributed by atoms with van der Waals surface area (Å²) in [6.07, 6.45) is 1.63. The van der Waals surface area contributed by atoms with Gasteiger partial charge in [-0.25, -0.2) is 9.37 Å². The Balaban J connectivity index is 1.97. The summed E-state index contributed by atoms with van der Waals surface area (Å²) in [5.74, 6) is -0.506. The summed E-state index contributed by atoms with van der Waals surface area (Å²) < 4.78 is 16.4. The first-order valence-electron chi connectivity index (χ1n) is 6.37. The fraction of sp³-hybridized carbons (Fsp3) is 0.214. The average molecular weight is 288 g/mol. The molecule has 0 fully saturated rings. The van der Waals surface area contributed by atoms with Crippen molar-refractivity contribution < 1.29 is 9.50 Å². The van der Waals surface area contributed by atoms with Crippen LogP contribution in [0.15, 0.2) is 41.6 Å². The van der Waals surface area contributed by atoms with Crippen LogP contribution >= 0.6 is 0 Å². The Hall–Kier alpha value is -2.54. The second-order valence-corrected chi connectivity index (χ2v) is 4.74. The topological polar surface area (TPSA) is 72.9 Å². The summed E-state index contributed by atoms with van der Waals surface area (Å²) in [4.78, 5) is 16.4. The highest BCUT2D eigenvalue weighted by atomic mass is 19.1. The monoisotopic (exact) mass is 288 g/mol. The first kappa shape index (κ1) is 13.4. The Morgan fingerprint density at radius 3 is 2.90 bits per heavy atom. The molecule has 0 amide bonds. The van der Waals surface area contributed by atoms with E-state index in [-0.39, 0.29) is 17.7 Å². The Morgan fingerprint density at radius 2 is 2.14 bits per heavy atom. The minimum absolute atomic E-state index is 0.0718. The van der Waals surface area contributed by atoms with Crippen molar-refractivity contribution in [2.75, 3.05) is 0 Å². The number of rotatable bonds is 3. The molecule has 7 heteroatoms. The van der Waals surface area contributed by atoms with Gasteiger partial charge in [0.1, 0.15) is 17.5 Å². The van der Waals surface area contributed by atoms with Crippen LogP contribution in [0, 0.1) is 5.82 Å². The van der Waals surface area contributed by atoms with Crippen molar-refractivity contribution in [1.82, 2.24) is 19.3 Å². The van der Waals surface area contributed by atoms with Crippen LogP contribution in [0.2, 0.25) is 0 Å². The molecular weight excluding hydrogens is 275 g/mol. The van der Waals surface area contributed by atoms with Gasteiger partial charge in [-0.3, -0.25) is 14.0 Å². The van der Waals surface area contributed by atoms with Crippen molar-refractivity contribution in [1.29, 1.82) is 0 Å². The molecule has 0 saturated heterocycles. The molecule has 2 aromatic heterocycles. The van der Waals surface area contributed by atoms with E-state index >= 15 is 0 Å². The lowest BCUT2D eigenvalue weighted by molar-refractivity contribution is 0.150. The molecule has 3 aromatic rings. The predicted octanol–water partition coefficient (Wildman–Crippen LogP) is 1.00. The Labute approximate surface area is 119 Å². The van der Waals surface area contributed by atoms with Gasteiger partial charge in [0.05, 0.1) is 18.8 Å². The highest BCUT2D eigenvalue weighted by Gasteiger charge is 2.15. The molecule has 1 atom stereocenters. The van der Waals surface area contributed by atoms with Crippen molar-refractivity contribution >= 4 is 11.0 Å². The van der Waals surface area contributed by atoms with E-state index in [2.05, 4.69) is 10.1 Å². The fourth-order valence-corrected chi connectivity index (χ4v) is 2.23. The summed E-state index contributed by atoms with van der Waals surface area (Å²) in [5.41, 5.74) is 0.302. The Kier molecular flexibility index (Phi) is 3.26. The maximum absolute atomic E-state index is 13.6. The summed E-state index contributed by atoms with van der Waals surface area (Å²) in [6.45, 7) is -0.0718. The van der Waals surface area contributed by atoms with Crippen LogP contribution in [-0.4, -0.2) is 24.4 Å². The van der Waals surface area contributed by atoms with E-state index in [9.17, 15) is 14.3 Å². The van der Waals surface area contributed by atoms with Gasteiger partial charge in [-0.1, -0.05) is 18.2 Å². The van der Waals surface area contributed by atoms with Crippen LogP contribution < -0.4 is 5.56 Å². The minimum Gasteiger partial charge on any atom is -0.386 e. The largest absolute Gasteiger partial charge is 0.386 e. The van der Waals surface area contributed by atoms with Gasteiger partial charge >= 0.3 is 0 Å². The van der Waals surface area contributed by atoms with Gasteiger partial charge in [-0.2, -0.15) is 5.10 Å². The van der Waals surface area contributed by atoms with Gasteiger partial charge in [-0.15, -0.1) is 0 Å². The number of hydrogen-bond acceptors (Lipinski definition) is 4. The van der Waals surface area contributed by atoms with Gasteiger partial charge in [-0.05, 0) is 6.07 Å². The maximum atomic E-state index is 13.6. The van der Waals surface area contributed by atoms with Gasteiger partial charge in [0, 0.05) is 12.6 Å². The molecule has 0 spiro atoms. The van der Waals surface area contributed by atoms with Gasteiger partial charge in [0.25, 0.3) is 5.56 Å². The molecule has 21 heavy (non-hydrogen) atoms. The third-order valence-corrected chi connectivity index (χ3v) is 3.35. The van der Waals surface area contributed by atoms with E-state index in [4.69, 9.17) is 0 Å². The van der Waals surface area contributed by atoms with E-state index in [1.165, 1.54) is 33.9 Å². The summed E-state index contributed by atoms with van der Waals surface area (Å²) in [7, 11) is 1.69. The number of aliphatic hydroxyl groups excluding tert-OH is 1. The molecule has 2 heterocycles. The Morgan fingerprint density at radius 1 is 1.38 bits per heavy atom. The molecule has 1 aromatic carbocycles. The molecule has 0 aliphatic rings. The van der Waals surface area contributed by atoms with E-state index in [0.29, 0.717) is 11.0 Å². The number of halogens is 1. The van der Waals surface area contributed by atoms with Crippen LogP contribution in [0.1, 0.15) is 11.7 Å². The fourth-order valence-electron chi connectivity index (χ4n) is 2.23. The number of benzene rings is 1. The average Bonchev–Trinajstić information content (AvgIpc) is 2.84. The molecule has 0 aliphatic heterocycles. The highest BCUT2D eigenvalue weighted by Crippen LogP contribution is 2.18. The van der Waals surface area contributed by atoms with Crippen molar-refractivity contribution in [3.8, 4) is 0 Å². The lowest BCUT2D eigenvalue weighted by Crippen LogP contribution is -2.24. The first-order chi connectivity index (χ1) is 10.1. The molecule has 108 valence electrons. The number of hydrogen-bond donors (Lipinski definition) is 1. The smallest absolute Gasteiger partial charge is 0.264 e. The quantitative estimate of drug-likeness (QED) is 0.780. The van der Waals surface area contributed by atoms with Crippen molar-refractivity contribution in [3.63, 3.8) is 0 Å². The van der Waals surface area contributed by atoms with E-state index in [1.807, 2.05) is 0 Å². The molecular formula is C14H13FN4O2. The highest BCUT2D eigenvalue weighted by molar-refractivity contribution is 5.72. The van der Waals surface area contributed by atoms with Crippen molar-refractivity contribution in [3.05, 3.63) is 58.5 Å². The van der Waals surface area contributed by atoms with Crippen LogP contribution in [0.25, 0.3) is 11.0 Å². The lowest BCUT2D eigenvalue weighted by Gasteiger charge is -2.13. The number of nitrogens with zero attached hydrogens (tertiary/aromatic N) is 4.